The van der Waals surface area contributed by atoms with E-state index in [0.717, 1.165) is 5.56 Å². The van der Waals surface area contributed by atoms with Gasteiger partial charge in [-0.3, -0.25) is 14.4 Å². The maximum Gasteiger partial charge on any atom is 0.325 e. The van der Waals surface area contributed by atoms with Crippen LogP contribution in [0.1, 0.15) is 17.9 Å². The summed E-state index contributed by atoms with van der Waals surface area (Å²) in [7, 11) is 3.10. The third kappa shape index (κ3) is 4.81. The Morgan fingerprint density at radius 1 is 1.31 bits per heavy atom. The number of rotatable bonds is 8. The molecule has 1 N–H and O–H groups in total. The molecule has 9 heteroatoms. The smallest absolute Gasteiger partial charge is 0.325 e. The van der Waals surface area contributed by atoms with E-state index >= 15 is 0 Å². The molecule has 1 aromatic rings. The van der Waals surface area contributed by atoms with Crippen LogP contribution < -0.4 is 14.8 Å². The van der Waals surface area contributed by atoms with Crippen molar-refractivity contribution in [2.75, 3.05) is 39.7 Å². The third-order valence-corrected chi connectivity index (χ3v) is 4.96. The molecule has 1 fully saturated rings. The Morgan fingerprint density at radius 3 is 2.73 bits per heavy atom. The zero-order chi connectivity index (χ0) is 19.1. The minimum Gasteiger partial charge on any atom is -0.497 e. The molecule has 0 aromatic heterocycles. The number of nitrogens with zero attached hydrogens (tertiary/aromatic N) is 1. The van der Waals surface area contributed by atoms with Crippen molar-refractivity contribution < 1.29 is 28.6 Å². The van der Waals surface area contributed by atoms with Crippen molar-refractivity contribution in [1.82, 2.24) is 10.2 Å². The quantitative estimate of drug-likeness (QED) is 0.669. The second-order valence-electron chi connectivity index (χ2n) is 5.37. The van der Waals surface area contributed by atoms with Gasteiger partial charge in [0.05, 0.1) is 26.6 Å². The van der Waals surface area contributed by atoms with E-state index in [2.05, 4.69) is 5.32 Å². The van der Waals surface area contributed by atoms with E-state index in [1.165, 1.54) is 16.7 Å². The highest BCUT2D eigenvalue weighted by Gasteiger charge is 2.36. The average Bonchev–Trinajstić information content (AvgIpc) is 3.00. The summed E-state index contributed by atoms with van der Waals surface area (Å²) in [5, 5.41) is 2.09. The van der Waals surface area contributed by atoms with E-state index in [1.807, 2.05) is 0 Å². The molecule has 1 unspecified atom stereocenters. The summed E-state index contributed by atoms with van der Waals surface area (Å²) in [5.74, 6) is 0.393. The second-order valence-corrected chi connectivity index (χ2v) is 6.44. The summed E-state index contributed by atoms with van der Waals surface area (Å²) in [6.07, 6.45) is 0. The third-order valence-electron chi connectivity index (χ3n) is 3.72. The lowest BCUT2D eigenvalue weighted by atomic mass is 10.1. The van der Waals surface area contributed by atoms with Gasteiger partial charge in [-0.05, 0) is 25.1 Å². The molecule has 1 aromatic carbocycles. The predicted molar refractivity (Wildman–Crippen MR) is 96.1 cm³/mol. The van der Waals surface area contributed by atoms with Gasteiger partial charge in [-0.2, -0.15) is 0 Å². The van der Waals surface area contributed by atoms with Crippen LogP contribution in [-0.4, -0.2) is 62.4 Å². The van der Waals surface area contributed by atoms with E-state index in [4.69, 9.17) is 14.2 Å². The first kappa shape index (κ1) is 19.9. The topological polar surface area (TPSA) is 94.2 Å². The first-order chi connectivity index (χ1) is 12.5. The summed E-state index contributed by atoms with van der Waals surface area (Å²) < 4.78 is 15.4. The molecule has 1 heterocycles. The van der Waals surface area contributed by atoms with Gasteiger partial charge in [0.25, 0.3) is 0 Å². The lowest BCUT2D eigenvalue weighted by molar-refractivity contribution is -0.143. The Balaban J connectivity index is 2.11. The lowest BCUT2D eigenvalue weighted by Crippen LogP contribution is -2.41. The fourth-order valence-corrected chi connectivity index (χ4v) is 3.71. The zero-order valence-electron chi connectivity index (χ0n) is 14.9. The Labute approximate surface area is 156 Å². The van der Waals surface area contributed by atoms with Crippen LogP contribution in [0.5, 0.6) is 11.5 Å². The Hall–Kier alpha value is -2.42. The maximum absolute atomic E-state index is 12.2. The molecular weight excluding hydrogens is 360 g/mol. The minimum absolute atomic E-state index is 0.156. The van der Waals surface area contributed by atoms with Crippen molar-refractivity contribution in [2.24, 2.45) is 0 Å². The van der Waals surface area contributed by atoms with Crippen molar-refractivity contribution in [1.29, 1.82) is 0 Å². The summed E-state index contributed by atoms with van der Waals surface area (Å²) in [6.45, 7) is 1.55. The predicted octanol–water partition coefficient (Wildman–Crippen LogP) is 0.957. The largest absolute Gasteiger partial charge is 0.497 e. The molecule has 2 amide bonds. The molecule has 0 radical (unpaired) electrons. The van der Waals surface area contributed by atoms with Crippen molar-refractivity contribution in [3.63, 3.8) is 0 Å². The highest BCUT2D eigenvalue weighted by molar-refractivity contribution is 8.00. The number of carbonyl (C=O) groups is 3. The summed E-state index contributed by atoms with van der Waals surface area (Å²) in [6, 6.07) is 5.31. The average molecular weight is 382 g/mol. The number of amides is 2. The van der Waals surface area contributed by atoms with Crippen LogP contribution in [0.4, 0.5) is 0 Å². The molecule has 1 aliphatic heterocycles. The van der Waals surface area contributed by atoms with E-state index in [-0.39, 0.29) is 36.7 Å². The summed E-state index contributed by atoms with van der Waals surface area (Å²) >= 11 is 1.40. The normalized spacial score (nSPS) is 16.3. The molecule has 1 aliphatic rings. The van der Waals surface area contributed by atoms with Gasteiger partial charge in [0.15, 0.2) is 0 Å². The highest BCUT2D eigenvalue weighted by atomic mass is 32.2. The molecule has 1 saturated heterocycles. The Bertz CT molecular complexity index is 681. The molecule has 0 spiro atoms. The van der Waals surface area contributed by atoms with Crippen LogP contribution in [0.25, 0.3) is 0 Å². The number of hydrogen-bond acceptors (Lipinski definition) is 7. The summed E-state index contributed by atoms with van der Waals surface area (Å²) in [5.41, 5.74) is 0.751. The number of methoxy groups -OCH3 is 2. The van der Waals surface area contributed by atoms with Gasteiger partial charge in [-0.25, -0.2) is 0 Å². The Morgan fingerprint density at radius 2 is 2.08 bits per heavy atom. The number of hydrogen-bond donors (Lipinski definition) is 1. The standard InChI is InChI=1S/C17H22N2O6S/c1-4-25-16(22)8-18-14(20)9-19-15(21)10-26-17(19)12-7-11(23-2)5-6-13(12)24-3/h5-7,17H,4,8-10H2,1-3H3,(H,18,20). The molecule has 2 rings (SSSR count). The van der Waals surface area contributed by atoms with Crippen molar-refractivity contribution in [3.05, 3.63) is 23.8 Å². The number of esters is 1. The molecule has 142 valence electrons. The van der Waals surface area contributed by atoms with Gasteiger partial charge in [-0.15, -0.1) is 11.8 Å². The SMILES string of the molecule is CCOC(=O)CNC(=O)CN1C(=O)CSC1c1cc(OC)ccc1OC. The second kappa shape index (κ2) is 9.33. The van der Waals surface area contributed by atoms with E-state index in [0.29, 0.717) is 11.5 Å². The van der Waals surface area contributed by atoms with Gasteiger partial charge >= 0.3 is 5.97 Å². The van der Waals surface area contributed by atoms with Crippen LogP contribution >= 0.6 is 11.8 Å². The minimum atomic E-state index is -0.519. The molecule has 0 aliphatic carbocycles. The summed E-state index contributed by atoms with van der Waals surface area (Å²) in [4.78, 5) is 37.2. The van der Waals surface area contributed by atoms with Gasteiger partial charge in [0, 0.05) is 5.56 Å². The van der Waals surface area contributed by atoms with Gasteiger partial charge in [0.1, 0.15) is 30.0 Å². The van der Waals surface area contributed by atoms with Crippen LogP contribution in [0.15, 0.2) is 18.2 Å². The maximum atomic E-state index is 12.2. The Kier molecular flexibility index (Phi) is 7.14. The van der Waals surface area contributed by atoms with E-state index in [1.54, 1.807) is 39.3 Å². The number of thioether (sulfide) groups is 1. The monoisotopic (exact) mass is 382 g/mol. The molecule has 1 atom stereocenters. The first-order valence-corrected chi connectivity index (χ1v) is 9.10. The van der Waals surface area contributed by atoms with Gasteiger partial charge in [0.2, 0.25) is 11.8 Å². The van der Waals surface area contributed by atoms with Gasteiger partial charge < -0.3 is 24.4 Å². The molecule has 0 saturated carbocycles. The number of nitrogens with one attached hydrogen (secondary N) is 1. The van der Waals surface area contributed by atoms with Crippen LogP contribution in [0.3, 0.4) is 0 Å². The van der Waals surface area contributed by atoms with Gasteiger partial charge in [-0.1, -0.05) is 0 Å². The zero-order valence-corrected chi connectivity index (χ0v) is 15.8. The number of carbonyl (C=O) groups excluding carboxylic acids is 3. The molecule has 0 bridgehead atoms. The van der Waals surface area contributed by atoms with Crippen molar-refractivity contribution >= 4 is 29.5 Å². The van der Waals surface area contributed by atoms with Crippen molar-refractivity contribution in [2.45, 2.75) is 12.3 Å². The first-order valence-electron chi connectivity index (χ1n) is 8.05. The fraction of sp³-hybridized carbons (Fsp3) is 0.471. The van der Waals surface area contributed by atoms with E-state index < -0.39 is 11.9 Å². The van der Waals surface area contributed by atoms with Crippen LogP contribution in [0.2, 0.25) is 0 Å². The number of benzene rings is 1. The molecule has 8 nitrogen and oxygen atoms in total. The van der Waals surface area contributed by atoms with Crippen LogP contribution in [-0.2, 0) is 19.1 Å². The molecular formula is C17H22N2O6S. The van der Waals surface area contributed by atoms with Crippen LogP contribution in [0, 0.1) is 0 Å². The number of ether oxygens (including phenoxy) is 3. The highest BCUT2D eigenvalue weighted by Crippen LogP contribution is 2.43. The fourth-order valence-electron chi connectivity index (χ4n) is 2.51. The van der Waals surface area contributed by atoms with Crippen molar-refractivity contribution in [3.8, 4) is 11.5 Å². The molecule has 26 heavy (non-hydrogen) atoms. The van der Waals surface area contributed by atoms with E-state index in [9.17, 15) is 14.4 Å². The lowest BCUT2D eigenvalue weighted by Gasteiger charge is -2.25.